The molecule has 0 unspecified atom stereocenters. The number of carbonyl (C=O) groups is 1. The summed E-state index contributed by atoms with van der Waals surface area (Å²) in [5.74, 6) is 1.68. The number of rotatable bonds is 6. The van der Waals surface area contributed by atoms with Crippen molar-refractivity contribution < 1.29 is 18.7 Å². The number of ether oxygens (including phenoxy) is 2. The van der Waals surface area contributed by atoms with Crippen molar-refractivity contribution in [3.63, 3.8) is 0 Å². The van der Waals surface area contributed by atoms with Gasteiger partial charge < -0.3 is 19.2 Å². The van der Waals surface area contributed by atoms with Gasteiger partial charge in [-0.05, 0) is 36.4 Å². The number of hydrogen-bond donors (Lipinski definition) is 1. The first-order valence-electron chi connectivity index (χ1n) is 7.62. The zero-order chi connectivity index (χ0) is 17.6. The van der Waals surface area contributed by atoms with Gasteiger partial charge >= 0.3 is 0 Å². The van der Waals surface area contributed by atoms with E-state index in [-0.39, 0.29) is 12.5 Å². The molecule has 25 heavy (non-hydrogen) atoms. The lowest BCUT2D eigenvalue weighted by atomic mass is 10.2. The van der Waals surface area contributed by atoms with Crippen molar-refractivity contribution in [2.45, 2.75) is 6.61 Å². The second-order valence-corrected chi connectivity index (χ2v) is 5.09. The third-order valence-corrected chi connectivity index (χ3v) is 3.51. The Morgan fingerprint density at radius 2 is 1.88 bits per heavy atom. The normalized spacial score (nSPS) is 10.3. The van der Waals surface area contributed by atoms with E-state index in [1.54, 1.807) is 38.4 Å². The fraction of sp³-hybridized carbons (Fsp3) is 0.167. The average molecular weight is 339 g/mol. The Kier molecular flexibility index (Phi) is 4.94. The van der Waals surface area contributed by atoms with Crippen LogP contribution in [0, 0.1) is 0 Å². The van der Waals surface area contributed by atoms with Crippen LogP contribution in [0.15, 0.2) is 52.9 Å². The number of amides is 1. The standard InChI is InChI=1S/C18H17N3O4/c1-19-17(22)14-5-3-4-6-15(14)24-11-16-20-21-18(25-16)12-7-9-13(23-2)10-8-12/h3-10H,11H2,1-2H3,(H,19,22). The molecule has 3 rings (SSSR count). The molecule has 0 aliphatic heterocycles. The predicted octanol–water partition coefficient (Wildman–Crippen LogP) is 2.68. The Balaban J connectivity index is 1.71. The smallest absolute Gasteiger partial charge is 0.254 e. The molecule has 0 saturated carbocycles. The van der Waals surface area contributed by atoms with Crippen molar-refractivity contribution in [3.05, 3.63) is 60.0 Å². The summed E-state index contributed by atoms with van der Waals surface area (Å²) in [6.07, 6.45) is 0. The minimum Gasteiger partial charge on any atom is -0.497 e. The largest absolute Gasteiger partial charge is 0.497 e. The molecule has 0 aliphatic carbocycles. The van der Waals surface area contributed by atoms with E-state index in [1.807, 2.05) is 24.3 Å². The minimum absolute atomic E-state index is 0.0666. The topological polar surface area (TPSA) is 86.5 Å². The van der Waals surface area contributed by atoms with Crippen LogP contribution in [0.25, 0.3) is 11.5 Å². The maximum atomic E-state index is 11.8. The molecule has 0 saturated heterocycles. The van der Waals surface area contributed by atoms with E-state index in [0.717, 1.165) is 11.3 Å². The quantitative estimate of drug-likeness (QED) is 0.743. The van der Waals surface area contributed by atoms with E-state index in [1.165, 1.54) is 0 Å². The number of aromatic nitrogens is 2. The Morgan fingerprint density at radius 3 is 2.60 bits per heavy atom. The van der Waals surface area contributed by atoms with Crippen LogP contribution >= 0.6 is 0 Å². The lowest BCUT2D eigenvalue weighted by Gasteiger charge is -2.08. The van der Waals surface area contributed by atoms with E-state index in [0.29, 0.717) is 23.1 Å². The minimum atomic E-state index is -0.222. The van der Waals surface area contributed by atoms with Crippen LogP contribution in [0.2, 0.25) is 0 Å². The highest BCUT2D eigenvalue weighted by molar-refractivity contribution is 5.96. The van der Waals surface area contributed by atoms with E-state index >= 15 is 0 Å². The van der Waals surface area contributed by atoms with Crippen LogP contribution in [0.5, 0.6) is 11.5 Å². The first kappa shape index (κ1) is 16.5. The third-order valence-electron chi connectivity index (χ3n) is 3.51. The van der Waals surface area contributed by atoms with Gasteiger partial charge in [-0.3, -0.25) is 4.79 Å². The van der Waals surface area contributed by atoms with Crippen LogP contribution < -0.4 is 14.8 Å². The van der Waals surface area contributed by atoms with Crippen molar-refractivity contribution >= 4 is 5.91 Å². The molecular formula is C18H17N3O4. The first-order chi connectivity index (χ1) is 12.2. The van der Waals surface area contributed by atoms with Crippen molar-refractivity contribution in [2.75, 3.05) is 14.2 Å². The molecular weight excluding hydrogens is 322 g/mol. The van der Waals surface area contributed by atoms with Crippen LogP contribution in [-0.4, -0.2) is 30.3 Å². The zero-order valence-electron chi connectivity index (χ0n) is 13.9. The SMILES string of the molecule is CNC(=O)c1ccccc1OCc1nnc(-c2ccc(OC)cc2)o1. The number of para-hydroxylation sites is 1. The Morgan fingerprint density at radius 1 is 1.12 bits per heavy atom. The second kappa shape index (κ2) is 7.48. The molecule has 0 spiro atoms. The van der Waals surface area contributed by atoms with E-state index in [4.69, 9.17) is 13.9 Å². The summed E-state index contributed by atoms with van der Waals surface area (Å²) in [6, 6.07) is 14.3. The number of carbonyl (C=O) groups excluding carboxylic acids is 1. The van der Waals surface area contributed by atoms with Gasteiger partial charge in [0, 0.05) is 12.6 Å². The fourth-order valence-corrected chi connectivity index (χ4v) is 2.22. The van der Waals surface area contributed by atoms with Crippen LogP contribution in [0.1, 0.15) is 16.2 Å². The maximum absolute atomic E-state index is 11.8. The van der Waals surface area contributed by atoms with Gasteiger partial charge in [0.1, 0.15) is 11.5 Å². The van der Waals surface area contributed by atoms with Crippen LogP contribution in [-0.2, 0) is 6.61 Å². The van der Waals surface area contributed by atoms with Crippen molar-refractivity contribution in [2.24, 2.45) is 0 Å². The van der Waals surface area contributed by atoms with Crippen molar-refractivity contribution in [1.82, 2.24) is 15.5 Å². The number of nitrogens with zero attached hydrogens (tertiary/aromatic N) is 2. The summed E-state index contributed by atoms with van der Waals surface area (Å²) >= 11 is 0. The molecule has 2 aromatic carbocycles. The van der Waals surface area contributed by atoms with Crippen molar-refractivity contribution in [1.29, 1.82) is 0 Å². The molecule has 0 radical (unpaired) electrons. The van der Waals surface area contributed by atoms with Gasteiger partial charge in [-0.2, -0.15) is 0 Å². The van der Waals surface area contributed by atoms with Gasteiger partial charge in [0.2, 0.25) is 5.89 Å². The number of methoxy groups -OCH3 is 1. The van der Waals surface area contributed by atoms with Gasteiger partial charge in [0.15, 0.2) is 6.61 Å². The molecule has 1 heterocycles. The number of hydrogen-bond acceptors (Lipinski definition) is 6. The molecule has 1 N–H and O–H groups in total. The van der Waals surface area contributed by atoms with Gasteiger partial charge in [-0.15, -0.1) is 10.2 Å². The van der Waals surface area contributed by atoms with Crippen molar-refractivity contribution in [3.8, 4) is 23.0 Å². The van der Waals surface area contributed by atoms with Gasteiger partial charge in [-0.1, -0.05) is 12.1 Å². The van der Waals surface area contributed by atoms with Gasteiger partial charge in [0.25, 0.3) is 11.8 Å². The Hall–Kier alpha value is -3.35. The van der Waals surface area contributed by atoms with E-state index in [2.05, 4.69) is 15.5 Å². The third kappa shape index (κ3) is 3.77. The number of nitrogens with one attached hydrogen (secondary N) is 1. The highest BCUT2D eigenvalue weighted by Gasteiger charge is 2.13. The predicted molar refractivity (Wildman–Crippen MR) is 90.5 cm³/mol. The molecule has 0 fully saturated rings. The summed E-state index contributed by atoms with van der Waals surface area (Å²) in [5, 5.41) is 10.6. The highest BCUT2D eigenvalue weighted by atomic mass is 16.5. The second-order valence-electron chi connectivity index (χ2n) is 5.09. The average Bonchev–Trinajstić information content (AvgIpc) is 3.15. The van der Waals surface area contributed by atoms with Crippen LogP contribution in [0.3, 0.4) is 0 Å². The molecule has 1 aromatic heterocycles. The van der Waals surface area contributed by atoms with Gasteiger partial charge in [0.05, 0.1) is 12.7 Å². The summed E-state index contributed by atoms with van der Waals surface area (Å²) < 4.78 is 16.4. The summed E-state index contributed by atoms with van der Waals surface area (Å²) in [5.41, 5.74) is 1.23. The van der Waals surface area contributed by atoms with E-state index < -0.39 is 0 Å². The molecule has 3 aromatic rings. The zero-order valence-corrected chi connectivity index (χ0v) is 13.9. The first-order valence-corrected chi connectivity index (χ1v) is 7.62. The number of benzene rings is 2. The molecule has 7 heteroatoms. The maximum Gasteiger partial charge on any atom is 0.254 e. The lowest BCUT2D eigenvalue weighted by molar-refractivity contribution is 0.0958. The molecule has 7 nitrogen and oxygen atoms in total. The summed E-state index contributed by atoms with van der Waals surface area (Å²) in [4.78, 5) is 11.8. The van der Waals surface area contributed by atoms with Crippen LogP contribution in [0.4, 0.5) is 0 Å². The molecule has 1 amide bonds. The molecule has 0 atom stereocenters. The highest BCUT2D eigenvalue weighted by Crippen LogP contribution is 2.23. The van der Waals surface area contributed by atoms with E-state index in [9.17, 15) is 4.79 Å². The summed E-state index contributed by atoms with van der Waals surface area (Å²) in [7, 11) is 3.17. The Labute approximate surface area is 144 Å². The summed E-state index contributed by atoms with van der Waals surface area (Å²) in [6.45, 7) is 0.0666. The Bertz CT molecular complexity index is 859. The monoisotopic (exact) mass is 339 g/mol. The molecule has 128 valence electrons. The fourth-order valence-electron chi connectivity index (χ4n) is 2.22. The van der Waals surface area contributed by atoms with Gasteiger partial charge in [-0.25, -0.2) is 0 Å². The lowest BCUT2D eigenvalue weighted by Crippen LogP contribution is -2.18. The molecule has 0 bridgehead atoms. The molecule has 0 aliphatic rings.